The summed E-state index contributed by atoms with van der Waals surface area (Å²) in [5, 5.41) is 2.63. The first-order chi connectivity index (χ1) is 9.93. The van der Waals surface area contributed by atoms with E-state index in [9.17, 15) is 22.8 Å². The molecule has 0 radical (unpaired) electrons. The number of hydrogen-bond donors (Lipinski definition) is 1. The highest BCUT2D eigenvalue weighted by atomic mass is 19.3. The van der Waals surface area contributed by atoms with Gasteiger partial charge in [0.15, 0.2) is 0 Å². The Kier molecular flexibility index (Phi) is 4.50. The molecule has 1 N–H and O–H groups in total. The number of carbonyl (C=O) groups is 2. The molecule has 7 heteroatoms. The number of rotatable bonds is 2. The summed E-state index contributed by atoms with van der Waals surface area (Å²) in [7, 11) is 0. The van der Waals surface area contributed by atoms with Gasteiger partial charge >= 0.3 is 0 Å². The van der Waals surface area contributed by atoms with Crippen LogP contribution >= 0.6 is 0 Å². The van der Waals surface area contributed by atoms with Crippen molar-refractivity contribution in [2.24, 2.45) is 0 Å². The summed E-state index contributed by atoms with van der Waals surface area (Å²) in [5.74, 6) is -2.32. The Balaban J connectivity index is 2.35. The number of nitrogens with zero attached hydrogens (tertiary/aromatic N) is 1. The van der Waals surface area contributed by atoms with E-state index in [2.05, 4.69) is 5.32 Å². The molecule has 0 spiro atoms. The fraction of sp³-hybridized carbons (Fsp3) is 0.429. The molecule has 2 amide bonds. The SMILES string of the molecule is CC1C(=O)NCCCN1C(=O)c1cccc(C(F)F)c1F. The Morgan fingerprint density at radius 1 is 1.43 bits per heavy atom. The van der Waals surface area contributed by atoms with Gasteiger partial charge in [-0.05, 0) is 19.4 Å². The average molecular weight is 300 g/mol. The zero-order valence-corrected chi connectivity index (χ0v) is 11.4. The predicted octanol–water partition coefficient (Wildman–Crippen LogP) is 2.11. The minimum atomic E-state index is -3.00. The lowest BCUT2D eigenvalue weighted by atomic mass is 10.1. The molecule has 1 atom stereocenters. The van der Waals surface area contributed by atoms with Crippen molar-refractivity contribution in [3.05, 3.63) is 35.1 Å². The highest BCUT2D eigenvalue weighted by Crippen LogP contribution is 2.25. The van der Waals surface area contributed by atoms with Crippen LogP contribution in [0.2, 0.25) is 0 Å². The molecule has 1 heterocycles. The lowest BCUT2D eigenvalue weighted by Gasteiger charge is -2.26. The maximum atomic E-state index is 14.0. The largest absolute Gasteiger partial charge is 0.354 e. The van der Waals surface area contributed by atoms with Gasteiger partial charge in [-0.3, -0.25) is 9.59 Å². The molecule has 0 aromatic heterocycles. The van der Waals surface area contributed by atoms with Crippen molar-refractivity contribution in [3.8, 4) is 0 Å². The molecule has 0 bridgehead atoms. The van der Waals surface area contributed by atoms with Crippen molar-refractivity contribution >= 4 is 11.8 Å². The van der Waals surface area contributed by atoms with Crippen LogP contribution in [0.3, 0.4) is 0 Å². The zero-order chi connectivity index (χ0) is 15.6. The molecule has 0 aliphatic carbocycles. The molecule has 1 saturated heterocycles. The van der Waals surface area contributed by atoms with Gasteiger partial charge in [0.1, 0.15) is 11.9 Å². The first-order valence-electron chi connectivity index (χ1n) is 6.58. The summed E-state index contributed by atoms with van der Waals surface area (Å²) in [5.41, 5.74) is -1.25. The number of amides is 2. The number of alkyl halides is 2. The average Bonchev–Trinajstić information content (AvgIpc) is 2.61. The summed E-state index contributed by atoms with van der Waals surface area (Å²) in [6.07, 6.45) is -2.47. The summed E-state index contributed by atoms with van der Waals surface area (Å²) in [6, 6.07) is 2.53. The summed E-state index contributed by atoms with van der Waals surface area (Å²) >= 11 is 0. The van der Waals surface area contributed by atoms with Crippen LogP contribution in [0, 0.1) is 5.82 Å². The normalized spacial score (nSPS) is 19.4. The zero-order valence-electron chi connectivity index (χ0n) is 11.4. The van der Waals surface area contributed by atoms with E-state index in [1.807, 2.05) is 0 Å². The Hall–Kier alpha value is -2.05. The molecule has 1 unspecified atom stereocenters. The minimum absolute atomic E-state index is 0.261. The van der Waals surface area contributed by atoms with E-state index in [4.69, 9.17) is 0 Å². The monoisotopic (exact) mass is 300 g/mol. The van der Waals surface area contributed by atoms with Crippen LogP contribution in [0.15, 0.2) is 18.2 Å². The molecule has 0 saturated carbocycles. The molecule has 1 fully saturated rings. The van der Waals surface area contributed by atoms with Gasteiger partial charge in [-0.1, -0.05) is 12.1 Å². The lowest BCUT2D eigenvalue weighted by Crippen LogP contribution is -2.45. The second-order valence-corrected chi connectivity index (χ2v) is 4.83. The Labute approximate surface area is 119 Å². The third-order valence-corrected chi connectivity index (χ3v) is 3.48. The number of benzene rings is 1. The molecule has 4 nitrogen and oxygen atoms in total. The summed E-state index contributed by atoms with van der Waals surface area (Å²) in [4.78, 5) is 25.3. The smallest absolute Gasteiger partial charge is 0.266 e. The third-order valence-electron chi connectivity index (χ3n) is 3.48. The molecule has 2 rings (SSSR count). The lowest BCUT2D eigenvalue weighted by molar-refractivity contribution is -0.124. The van der Waals surface area contributed by atoms with Crippen LogP contribution < -0.4 is 5.32 Å². The van der Waals surface area contributed by atoms with E-state index in [1.165, 1.54) is 17.9 Å². The maximum Gasteiger partial charge on any atom is 0.266 e. The molecule has 1 aliphatic rings. The van der Waals surface area contributed by atoms with Crippen LogP contribution in [0.1, 0.15) is 35.7 Å². The van der Waals surface area contributed by atoms with Gasteiger partial charge in [-0.25, -0.2) is 13.2 Å². The first kappa shape index (κ1) is 15.3. The van der Waals surface area contributed by atoms with Gasteiger partial charge in [0, 0.05) is 13.1 Å². The van der Waals surface area contributed by atoms with Gasteiger partial charge in [0.25, 0.3) is 12.3 Å². The van der Waals surface area contributed by atoms with Gasteiger partial charge in [0.2, 0.25) is 5.91 Å². The molecular formula is C14H15F3N2O2. The summed E-state index contributed by atoms with van der Waals surface area (Å²) in [6.45, 7) is 2.21. The number of carbonyl (C=O) groups excluding carboxylic acids is 2. The van der Waals surface area contributed by atoms with Gasteiger partial charge in [0.05, 0.1) is 11.1 Å². The molecular weight excluding hydrogens is 285 g/mol. The van der Waals surface area contributed by atoms with Gasteiger partial charge in [-0.2, -0.15) is 0 Å². The van der Waals surface area contributed by atoms with Gasteiger partial charge < -0.3 is 10.2 Å². The van der Waals surface area contributed by atoms with Crippen LogP contribution in [0.5, 0.6) is 0 Å². The van der Waals surface area contributed by atoms with Crippen LogP contribution in [0.4, 0.5) is 13.2 Å². The summed E-state index contributed by atoms with van der Waals surface area (Å²) < 4.78 is 39.4. The van der Waals surface area contributed by atoms with Crippen LogP contribution in [0.25, 0.3) is 0 Å². The number of hydrogen-bond acceptors (Lipinski definition) is 2. The van der Waals surface area contributed by atoms with E-state index >= 15 is 0 Å². The van der Waals surface area contributed by atoms with Crippen molar-refractivity contribution < 1.29 is 22.8 Å². The number of nitrogens with one attached hydrogen (secondary N) is 1. The quantitative estimate of drug-likeness (QED) is 0.909. The van der Waals surface area contributed by atoms with Crippen molar-refractivity contribution in [1.82, 2.24) is 10.2 Å². The van der Waals surface area contributed by atoms with Crippen molar-refractivity contribution in [1.29, 1.82) is 0 Å². The highest BCUT2D eigenvalue weighted by molar-refractivity contribution is 5.98. The Morgan fingerprint density at radius 3 is 2.81 bits per heavy atom. The van der Waals surface area contributed by atoms with Crippen molar-refractivity contribution in [2.45, 2.75) is 25.8 Å². The maximum absolute atomic E-state index is 14.0. The van der Waals surface area contributed by atoms with Crippen molar-refractivity contribution in [3.63, 3.8) is 0 Å². The molecule has 1 aromatic rings. The van der Waals surface area contributed by atoms with E-state index in [-0.39, 0.29) is 12.5 Å². The third kappa shape index (κ3) is 3.01. The molecule has 1 aromatic carbocycles. The second-order valence-electron chi connectivity index (χ2n) is 4.83. The Morgan fingerprint density at radius 2 is 2.14 bits per heavy atom. The van der Waals surface area contributed by atoms with E-state index < -0.39 is 35.3 Å². The standard InChI is InChI=1S/C14H15F3N2O2/c1-8-13(20)18-6-3-7-19(8)14(21)10-5-2-4-9(11(10)15)12(16)17/h2,4-5,8,12H,3,6-7H2,1H3,(H,18,20). The van der Waals surface area contributed by atoms with E-state index in [0.29, 0.717) is 13.0 Å². The highest BCUT2D eigenvalue weighted by Gasteiger charge is 2.31. The topological polar surface area (TPSA) is 49.4 Å². The number of halogens is 3. The van der Waals surface area contributed by atoms with Crippen LogP contribution in [-0.2, 0) is 4.79 Å². The minimum Gasteiger partial charge on any atom is -0.354 e. The fourth-order valence-corrected chi connectivity index (χ4v) is 2.26. The molecule has 114 valence electrons. The van der Waals surface area contributed by atoms with E-state index in [1.54, 1.807) is 0 Å². The predicted molar refractivity (Wildman–Crippen MR) is 69.5 cm³/mol. The fourth-order valence-electron chi connectivity index (χ4n) is 2.26. The second kappa shape index (κ2) is 6.15. The van der Waals surface area contributed by atoms with Crippen molar-refractivity contribution in [2.75, 3.05) is 13.1 Å². The molecule has 1 aliphatic heterocycles. The first-order valence-corrected chi connectivity index (χ1v) is 6.58. The van der Waals surface area contributed by atoms with E-state index in [0.717, 1.165) is 12.1 Å². The van der Waals surface area contributed by atoms with Crippen LogP contribution in [-0.4, -0.2) is 35.8 Å². The Bertz CT molecular complexity index is 563. The molecule has 21 heavy (non-hydrogen) atoms. The van der Waals surface area contributed by atoms with Gasteiger partial charge in [-0.15, -0.1) is 0 Å².